The summed E-state index contributed by atoms with van der Waals surface area (Å²) in [5, 5.41) is 7.74. The van der Waals surface area contributed by atoms with Crippen molar-refractivity contribution in [3.63, 3.8) is 0 Å². The van der Waals surface area contributed by atoms with Crippen LogP contribution in [0.2, 0.25) is 0 Å². The molecule has 0 saturated heterocycles. The molecule has 0 aliphatic rings. The third-order valence-electron chi connectivity index (χ3n) is 3.10. The van der Waals surface area contributed by atoms with E-state index in [2.05, 4.69) is 15.4 Å². The molecule has 0 radical (unpaired) electrons. The van der Waals surface area contributed by atoms with Crippen molar-refractivity contribution in [2.45, 2.75) is 12.7 Å². The molecule has 3 aromatic rings. The summed E-state index contributed by atoms with van der Waals surface area (Å²) in [7, 11) is 0. The molecule has 0 aliphatic heterocycles. The number of halogens is 3. The number of nitrogens with one attached hydrogen (secondary N) is 1. The lowest BCUT2D eigenvalue weighted by atomic mass is 10.2. The Morgan fingerprint density at radius 1 is 1.29 bits per heavy atom. The predicted molar refractivity (Wildman–Crippen MR) is 81.7 cm³/mol. The molecular formula is C14H9F3N4O2S. The van der Waals surface area contributed by atoms with Gasteiger partial charge in [0.25, 0.3) is 5.56 Å². The highest BCUT2D eigenvalue weighted by Gasteiger charge is 2.33. The first-order valence-electron chi connectivity index (χ1n) is 6.62. The van der Waals surface area contributed by atoms with Gasteiger partial charge in [-0.25, -0.2) is 9.67 Å². The fraction of sp³-hybridized carbons (Fsp3) is 0.143. The summed E-state index contributed by atoms with van der Waals surface area (Å²) in [6.45, 7) is -0.426. The summed E-state index contributed by atoms with van der Waals surface area (Å²) in [6, 6.07) is 6.75. The Bertz CT molecular complexity index is 964. The highest BCUT2D eigenvalue weighted by atomic mass is 32.1. The predicted octanol–water partition coefficient (Wildman–Crippen LogP) is 2.51. The van der Waals surface area contributed by atoms with E-state index in [4.69, 9.17) is 0 Å². The maximum absolute atomic E-state index is 12.5. The molecule has 1 aromatic carbocycles. The Labute approximate surface area is 136 Å². The molecule has 0 aliphatic carbocycles. The zero-order chi connectivity index (χ0) is 17.3. The molecule has 1 amide bonds. The number of hydrogen-bond acceptors (Lipinski definition) is 5. The molecule has 0 unspecified atom stereocenters. The van der Waals surface area contributed by atoms with E-state index in [-0.39, 0.29) is 5.13 Å². The molecule has 2 aromatic heterocycles. The van der Waals surface area contributed by atoms with Crippen molar-refractivity contribution in [3.8, 4) is 0 Å². The molecule has 0 fully saturated rings. The Hall–Kier alpha value is -2.75. The number of fused-ring (bicyclic) bond motifs is 1. The molecule has 0 spiro atoms. The van der Waals surface area contributed by atoms with Crippen molar-refractivity contribution in [1.29, 1.82) is 0 Å². The maximum atomic E-state index is 12.5. The minimum atomic E-state index is -4.57. The molecule has 124 valence electrons. The third kappa shape index (κ3) is 3.27. The van der Waals surface area contributed by atoms with Gasteiger partial charge in [0.05, 0.1) is 11.6 Å². The van der Waals surface area contributed by atoms with Gasteiger partial charge in [-0.3, -0.25) is 9.59 Å². The summed E-state index contributed by atoms with van der Waals surface area (Å²) in [5.74, 6) is -0.692. The number of amides is 1. The number of rotatable bonds is 3. The van der Waals surface area contributed by atoms with Crippen LogP contribution in [-0.4, -0.2) is 20.7 Å². The van der Waals surface area contributed by atoms with Crippen molar-refractivity contribution >= 4 is 33.1 Å². The molecule has 3 rings (SSSR count). The summed E-state index contributed by atoms with van der Waals surface area (Å²) in [4.78, 5) is 27.4. The number of hydrogen-bond donors (Lipinski definition) is 1. The van der Waals surface area contributed by atoms with Crippen LogP contribution >= 0.6 is 11.3 Å². The van der Waals surface area contributed by atoms with Gasteiger partial charge < -0.3 is 5.32 Å². The largest absolute Gasteiger partial charge is 0.434 e. The van der Waals surface area contributed by atoms with Gasteiger partial charge >= 0.3 is 6.18 Å². The lowest BCUT2D eigenvalue weighted by Crippen LogP contribution is -2.29. The highest BCUT2D eigenvalue weighted by Crippen LogP contribution is 2.31. The molecule has 10 heteroatoms. The molecule has 2 heterocycles. The zero-order valence-electron chi connectivity index (χ0n) is 11.9. The van der Waals surface area contributed by atoms with Crippen molar-refractivity contribution in [1.82, 2.24) is 14.8 Å². The molecule has 6 nitrogen and oxygen atoms in total. The Kier molecular flexibility index (Phi) is 4.06. The first kappa shape index (κ1) is 16.1. The Morgan fingerprint density at radius 2 is 2.04 bits per heavy atom. The van der Waals surface area contributed by atoms with Crippen LogP contribution in [0.15, 0.2) is 40.6 Å². The molecule has 0 saturated carbocycles. The second-order valence-corrected chi connectivity index (χ2v) is 5.64. The van der Waals surface area contributed by atoms with Crippen LogP contribution in [0.25, 0.3) is 10.8 Å². The smallest absolute Gasteiger partial charge is 0.300 e. The summed E-state index contributed by atoms with van der Waals surface area (Å²) in [6.07, 6.45) is -3.13. The van der Waals surface area contributed by atoms with Gasteiger partial charge in [-0.15, -0.1) is 11.3 Å². The van der Waals surface area contributed by atoms with E-state index in [1.807, 2.05) is 0 Å². The molecule has 0 bridgehead atoms. The number of thiazole rings is 1. The summed E-state index contributed by atoms with van der Waals surface area (Å²) >= 11 is 0.651. The summed E-state index contributed by atoms with van der Waals surface area (Å²) in [5.41, 5.74) is -1.54. The standard InChI is InChI=1S/C14H9F3N4O2S/c15-14(16,17)10-7-24-13(19-10)20-11(22)6-21-12(23)9-4-2-1-3-8(9)5-18-21/h1-5,7H,6H2,(H,19,20,22). The zero-order valence-corrected chi connectivity index (χ0v) is 12.7. The average Bonchev–Trinajstić information content (AvgIpc) is 2.99. The van der Waals surface area contributed by atoms with E-state index in [0.29, 0.717) is 22.1 Å². The number of benzene rings is 1. The van der Waals surface area contributed by atoms with Crippen molar-refractivity contribution in [2.24, 2.45) is 0 Å². The second-order valence-electron chi connectivity index (χ2n) is 4.78. The van der Waals surface area contributed by atoms with Crippen LogP contribution in [0, 0.1) is 0 Å². The number of carbonyl (C=O) groups is 1. The van der Waals surface area contributed by atoms with Crippen LogP contribution in [0.4, 0.5) is 18.3 Å². The van der Waals surface area contributed by atoms with E-state index in [0.717, 1.165) is 10.1 Å². The lowest BCUT2D eigenvalue weighted by Gasteiger charge is -2.05. The number of alkyl halides is 3. The van der Waals surface area contributed by atoms with Crippen LogP contribution in [0.1, 0.15) is 5.69 Å². The maximum Gasteiger partial charge on any atom is 0.434 e. The van der Waals surface area contributed by atoms with Gasteiger partial charge in [-0.2, -0.15) is 18.3 Å². The molecule has 24 heavy (non-hydrogen) atoms. The monoisotopic (exact) mass is 354 g/mol. The van der Waals surface area contributed by atoms with Gasteiger partial charge in [0.2, 0.25) is 5.91 Å². The third-order valence-corrected chi connectivity index (χ3v) is 3.85. The van der Waals surface area contributed by atoms with E-state index < -0.39 is 29.9 Å². The molecular weight excluding hydrogens is 345 g/mol. The van der Waals surface area contributed by atoms with Crippen molar-refractivity contribution in [2.75, 3.05) is 5.32 Å². The molecule has 0 atom stereocenters. The fourth-order valence-electron chi connectivity index (χ4n) is 2.00. The van der Waals surface area contributed by atoms with E-state index in [9.17, 15) is 22.8 Å². The van der Waals surface area contributed by atoms with E-state index in [1.165, 1.54) is 6.20 Å². The number of nitrogens with zero attached hydrogens (tertiary/aromatic N) is 3. The first-order chi connectivity index (χ1) is 11.3. The normalized spacial score (nSPS) is 11.6. The van der Waals surface area contributed by atoms with Crippen LogP contribution in [0.5, 0.6) is 0 Å². The quantitative estimate of drug-likeness (QED) is 0.784. The Morgan fingerprint density at radius 3 is 2.75 bits per heavy atom. The minimum absolute atomic E-state index is 0.193. The van der Waals surface area contributed by atoms with Crippen molar-refractivity contribution < 1.29 is 18.0 Å². The molecule has 1 N–H and O–H groups in total. The number of carbonyl (C=O) groups excluding carboxylic acids is 1. The highest BCUT2D eigenvalue weighted by molar-refractivity contribution is 7.13. The van der Waals surface area contributed by atoms with Gasteiger partial charge in [-0.1, -0.05) is 18.2 Å². The van der Waals surface area contributed by atoms with Crippen LogP contribution in [0.3, 0.4) is 0 Å². The first-order valence-corrected chi connectivity index (χ1v) is 7.50. The topological polar surface area (TPSA) is 76.9 Å². The van der Waals surface area contributed by atoms with Crippen molar-refractivity contribution in [3.05, 3.63) is 51.9 Å². The van der Waals surface area contributed by atoms with Crippen LogP contribution in [-0.2, 0) is 17.5 Å². The second kappa shape index (κ2) is 6.04. The average molecular weight is 354 g/mol. The lowest BCUT2D eigenvalue weighted by molar-refractivity contribution is -0.140. The summed E-state index contributed by atoms with van der Waals surface area (Å²) < 4.78 is 38.3. The Balaban J connectivity index is 1.77. The minimum Gasteiger partial charge on any atom is -0.300 e. The SMILES string of the molecule is O=C(Cn1ncc2ccccc2c1=O)Nc1nc(C(F)(F)F)cs1. The number of anilines is 1. The van der Waals surface area contributed by atoms with Gasteiger partial charge in [0.1, 0.15) is 6.54 Å². The number of aromatic nitrogens is 3. The van der Waals surface area contributed by atoms with Crippen LogP contribution < -0.4 is 10.9 Å². The van der Waals surface area contributed by atoms with Gasteiger partial charge in [0, 0.05) is 10.8 Å². The van der Waals surface area contributed by atoms with Gasteiger partial charge in [0.15, 0.2) is 10.8 Å². The van der Waals surface area contributed by atoms with Gasteiger partial charge in [-0.05, 0) is 6.07 Å². The van der Waals surface area contributed by atoms with E-state index >= 15 is 0 Å². The fourth-order valence-corrected chi connectivity index (χ4v) is 2.73. The van der Waals surface area contributed by atoms with E-state index in [1.54, 1.807) is 24.3 Å².